The monoisotopic (exact) mass is 272 g/mol. The third-order valence-corrected chi connectivity index (χ3v) is 3.56. The Balaban J connectivity index is 1.91. The molecule has 1 aromatic carbocycles. The Labute approximate surface area is 115 Å². The average Bonchev–Trinajstić information content (AvgIpc) is 2.98. The highest BCUT2D eigenvalue weighted by Crippen LogP contribution is 2.26. The molecule has 0 saturated heterocycles. The largest absolute Gasteiger partial charge is 0.397 e. The standard InChI is InChI=1S/C13H16N6O/c1-7-9(8(2)19(3)16-7)6-15-11-5-4-10(14)12-13(11)18-20-17-12/h4-5,15H,6,14H2,1-3H3. The molecule has 0 unspecified atom stereocenters. The van der Waals surface area contributed by atoms with Crippen molar-refractivity contribution in [1.82, 2.24) is 20.1 Å². The summed E-state index contributed by atoms with van der Waals surface area (Å²) in [5, 5.41) is 15.4. The minimum absolute atomic E-state index is 0.556. The fourth-order valence-electron chi connectivity index (χ4n) is 2.29. The summed E-state index contributed by atoms with van der Waals surface area (Å²) < 4.78 is 6.63. The lowest BCUT2D eigenvalue weighted by Gasteiger charge is -2.07. The van der Waals surface area contributed by atoms with E-state index in [1.165, 1.54) is 5.56 Å². The highest BCUT2D eigenvalue weighted by atomic mass is 16.6. The van der Waals surface area contributed by atoms with Crippen LogP contribution in [0.1, 0.15) is 17.0 Å². The summed E-state index contributed by atoms with van der Waals surface area (Å²) in [7, 11) is 1.94. The lowest BCUT2D eigenvalue weighted by Crippen LogP contribution is -2.03. The second-order valence-electron chi connectivity index (χ2n) is 4.79. The van der Waals surface area contributed by atoms with Gasteiger partial charge in [0, 0.05) is 24.8 Å². The third-order valence-electron chi connectivity index (χ3n) is 3.56. The van der Waals surface area contributed by atoms with Crippen LogP contribution in [0.25, 0.3) is 11.0 Å². The fourth-order valence-corrected chi connectivity index (χ4v) is 2.29. The van der Waals surface area contributed by atoms with Gasteiger partial charge < -0.3 is 11.1 Å². The predicted octanol–water partition coefficient (Wildman–Crippen LogP) is 1.77. The van der Waals surface area contributed by atoms with Crippen LogP contribution < -0.4 is 11.1 Å². The van der Waals surface area contributed by atoms with Crippen LogP contribution in [0.4, 0.5) is 11.4 Å². The second kappa shape index (κ2) is 4.52. The molecule has 0 bridgehead atoms. The molecule has 7 nitrogen and oxygen atoms in total. The van der Waals surface area contributed by atoms with E-state index in [1.54, 1.807) is 6.07 Å². The number of nitrogen functional groups attached to an aromatic ring is 1. The van der Waals surface area contributed by atoms with Crippen molar-refractivity contribution in [2.24, 2.45) is 7.05 Å². The first kappa shape index (κ1) is 12.5. The molecule has 20 heavy (non-hydrogen) atoms. The Morgan fingerprint density at radius 2 is 2.00 bits per heavy atom. The molecule has 3 aromatic rings. The zero-order valence-corrected chi connectivity index (χ0v) is 11.6. The van der Waals surface area contributed by atoms with Gasteiger partial charge in [-0.05, 0) is 36.3 Å². The van der Waals surface area contributed by atoms with Gasteiger partial charge in [0.05, 0.1) is 17.1 Å². The number of aryl methyl sites for hydroxylation is 2. The first-order valence-corrected chi connectivity index (χ1v) is 6.31. The van der Waals surface area contributed by atoms with E-state index in [2.05, 4.69) is 20.7 Å². The van der Waals surface area contributed by atoms with Crippen LogP contribution in [0.15, 0.2) is 16.8 Å². The summed E-state index contributed by atoms with van der Waals surface area (Å²) >= 11 is 0. The minimum Gasteiger partial charge on any atom is -0.397 e. The average molecular weight is 272 g/mol. The fraction of sp³-hybridized carbons (Fsp3) is 0.308. The van der Waals surface area contributed by atoms with Crippen molar-refractivity contribution < 1.29 is 4.63 Å². The molecule has 0 aliphatic carbocycles. The van der Waals surface area contributed by atoms with Crippen molar-refractivity contribution in [3.63, 3.8) is 0 Å². The summed E-state index contributed by atoms with van der Waals surface area (Å²) in [6, 6.07) is 3.67. The van der Waals surface area contributed by atoms with E-state index in [1.807, 2.05) is 31.6 Å². The van der Waals surface area contributed by atoms with Gasteiger partial charge in [0.25, 0.3) is 0 Å². The van der Waals surface area contributed by atoms with E-state index < -0.39 is 0 Å². The topological polar surface area (TPSA) is 94.8 Å². The predicted molar refractivity (Wildman–Crippen MR) is 76.2 cm³/mol. The van der Waals surface area contributed by atoms with Gasteiger partial charge in [-0.1, -0.05) is 0 Å². The van der Waals surface area contributed by atoms with Crippen LogP contribution in [-0.4, -0.2) is 20.1 Å². The minimum atomic E-state index is 0.556. The summed E-state index contributed by atoms with van der Waals surface area (Å²) in [6.45, 7) is 4.71. The lowest BCUT2D eigenvalue weighted by molar-refractivity contribution is 0.316. The van der Waals surface area contributed by atoms with Crippen molar-refractivity contribution in [3.8, 4) is 0 Å². The van der Waals surface area contributed by atoms with E-state index >= 15 is 0 Å². The Kier molecular flexibility index (Phi) is 2.81. The number of anilines is 2. The Morgan fingerprint density at radius 3 is 2.70 bits per heavy atom. The van der Waals surface area contributed by atoms with Gasteiger partial charge in [0.1, 0.15) is 0 Å². The normalized spacial score (nSPS) is 11.2. The molecule has 2 aromatic heterocycles. The van der Waals surface area contributed by atoms with Gasteiger partial charge in [-0.2, -0.15) is 5.10 Å². The number of nitrogens with two attached hydrogens (primary N) is 1. The molecular formula is C13H16N6O. The number of nitrogens with one attached hydrogen (secondary N) is 1. The zero-order chi connectivity index (χ0) is 14.3. The quantitative estimate of drug-likeness (QED) is 0.705. The molecule has 0 amide bonds. The molecule has 0 fully saturated rings. The van der Waals surface area contributed by atoms with Crippen LogP contribution in [0.5, 0.6) is 0 Å². The van der Waals surface area contributed by atoms with E-state index in [0.29, 0.717) is 23.3 Å². The molecular weight excluding hydrogens is 256 g/mol. The van der Waals surface area contributed by atoms with E-state index in [9.17, 15) is 0 Å². The van der Waals surface area contributed by atoms with Crippen LogP contribution in [0.3, 0.4) is 0 Å². The molecule has 0 radical (unpaired) electrons. The zero-order valence-electron chi connectivity index (χ0n) is 11.6. The number of nitrogens with zero attached hydrogens (tertiary/aromatic N) is 4. The maximum absolute atomic E-state index is 5.82. The maximum Gasteiger partial charge on any atom is 0.160 e. The second-order valence-corrected chi connectivity index (χ2v) is 4.79. The van der Waals surface area contributed by atoms with Crippen LogP contribution >= 0.6 is 0 Å². The van der Waals surface area contributed by atoms with Crippen LogP contribution in [-0.2, 0) is 13.6 Å². The number of hydrogen-bond acceptors (Lipinski definition) is 6. The van der Waals surface area contributed by atoms with E-state index in [-0.39, 0.29) is 0 Å². The van der Waals surface area contributed by atoms with Gasteiger partial charge in [-0.15, -0.1) is 0 Å². The smallest absolute Gasteiger partial charge is 0.160 e. The summed E-state index contributed by atoms with van der Waals surface area (Å²) in [5.74, 6) is 0. The Morgan fingerprint density at radius 1 is 1.25 bits per heavy atom. The summed E-state index contributed by atoms with van der Waals surface area (Å²) in [4.78, 5) is 0. The summed E-state index contributed by atoms with van der Waals surface area (Å²) in [6.07, 6.45) is 0. The first-order chi connectivity index (χ1) is 9.58. The molecule has 0 spiro atoms. The van der Waals surface area contributed by atoms with Crippen LogP contribution in [0.2, 0.25) is 0 Å². The van der Waals surface area contributed by atoms with Crippen molar-refractivity contribution in [2.45, 2.75) is 20.4 Å². The highest BCUT2D eigenvalue weighted by molar-refractivity contribution is 5.94. The molecule has 3 N–H and O–H groups in total. The van der Waals surface area contributed by atoms with Crippen molar-refractivity contribution in [3.05, 3.63) is 29.1 Å². The van der Waals surface area contributed by atoms with Gasteiger partial charge in [-0.3, -0.25) is 4.68 Å². The van der Waals surface area contributed by atoms with Gasteiger partial charge in [0.2, 0.25) is 0 Å². The summed E-state index contributed by atoms with van der Waals surface area (Å²) in [5.41, 5.74) is 11.8. The molecule has 3 rings (SSSR count). The van der Waals surface area contributed by atoms with Gasteiger partial charge in [-0.25, -0.2) is 4.63 Å². The van der Waals surface area contributed by atoms with E-state index in [0.717, 1.165) is 17.1 Å². The SMILES string of the molecule is Cc1nn(C)c(C)c1CNc1ccc(N)c2nonc12. The van der Waals surface area contributed by atoms with Gasteiger partial charge in [0.15, 0.2) is 11.0 Å². The lowest BCUT2D eigenvalue weighted by atomic mass is 10.2. The molecule has 7 heteroatoms. The third kappa shape index (κ3) is 1.87. The van der Waals surface area contributed by atoms with Crippen molar-refractivity contribution >= 4 is 22.4 Å². The number of fused-ring (bicyclic) bond motifs is 1. The Bertz CT molecular complexity index is 773. The number of aromatic nitrogens is 4. The highest BCUT2D eigenvalue weighted by Gasteiger charge is 2.12. The molecule has 0 saturated carbocycles. The molecule has 0 aliphatic heterocycles. The number of rotatable bonds is 3. The van der Waals surface area contributed by atoms with Gasteiger partial charge >= 0.3 is 0 Å². The molecule has 2 heterocycles. The number of hydrogen-bond donors (Lipinski definition) is 2. The Hall–Kier alpha value is -2.57. The molecule has 0 aliphatic rings. The maximum atomic E-state index is 5.82. The van der Waals surface area contributed by atoms with Crippen molar-refractivity contribution in [2.75, 3.05) is 11.1 Å². The van der Waals surface area contributed by atoms with Crippen LogP contribution in [0, 0.1) is 13.8 Å². The molecule has 104 valence electrons. The molecule has 0 atom stereocenters. The first-order valence-electron chi connectivity index (χ1n) is 6.31. The number of benzene rings is 1. The van der Waals surface area contributed by atoms with Crippen molar-refractivity contribution in [1.29, 1.82) is 0 Å². The van der Waals surface area contributed by atoms with E-state index in [4.69, 9.17) is 10.4 Å².